The molecule has 1 fully saturated rings. The van der Waals surface area contributed by atoms with Crippen molar-refractivity contribution in [3.63, 3.8) is 0 Å². The maximum atomic E-state index is 5.65. The van der Waals surface area contributed by atoms with E-state index in [9.17, 15) is 0 Å². The first kappa shape index (κ1) is 39.9. The first-order valence-corrected chi connectivity index (χ1v) is 18.6. The van der Waals surface area contributed by atoms with Gasteiger partial charge in [-0.2, -0.15) is 0 Å². The van der Waals surface area contributed by atoms with Gasteiger partial charge in [0.05, 0.1) is 13.2 Å². The Bertz CT molecular complexity index is 410. The number of ether oxygens (including phenoxy) is 3. The summed E-state index contributed by atoms with van der Waals surface area (Å²) in [7, 11) is 0. The molecule has 242 valence electrons. The molecule has 0 aromatic rings. The molecule has 1 aliphatic heterocycles. The molecule has 0 aliphatic carbocycles. The molecule has 0 N–H and O–H groups in total. The van der Waals surface area contributed by atoms with Crippen molar-refractivity contribution < 1.29 is 14.2 Å². The van der Waals surface area contributed by atoms with Gasteiger partial charge in [0.25, 0.3) is 0 Å². The van der Waals surface area contributed by atoms with Crippen molar-refractivity contribution in [2.24, 2.45) is 0 Å². The van der Waals surface area contributed by atoms with E-state index in [1.807, 2.05) is 0 Å². The SMILES string of the molecule is CCCCCCCCCCCCCCCCCCOCC1CO1.CCCCCCCCOCCCCCCCC. The number of epoxide rings is 1. The van der Waals surface area contributed by atoms with Gasteiger partial charge in [0.15, 0.2) is 0 Å². The van der Waals surface area contributed by atoms with Gasteiger partial charge < -0.3 is 14.2 Å². The van der Waals surface area contributed by atoms with Crippen molar-refractivity contribution >= 4 is 0 Å². The Labute approximate surface area is 253 Å². The van der Waals surface area contributed by atoms with Crippen LogP contribution in [-0.4, -0.2) is 39.1 Å². The van der Waals surface area contributed by atoms with Crippen LogP contribution in [0, 0.1) is 0 Å². The van der Waals surface area contributed by atoms with Crippen LogP contribution >= 0.6 is 0 Å². The minimum Gasteiger partial charge on any atom is -0.381 e. The summed E-state index contributed by atoms with van der Waals surface area (Å²) < 4.78 is 16.3. The topological polar surface area (TPSA) is 31.0 Å². The summed E-state index contributed by atoms with van der Waals surface area (Å²) in [6.07, 6.45) is 39.6. The summed E-state index contributed by atoms with van der Waals surface area (Å²) in [6, 6.07) is 0. The molecule has 40 heavy (non-hydrogen) atoms. The third-order valence-electron chi connectivity index (χ3n) is 8.13. The van der Waals surface area contributed by atoms with Crippen LogP contribution < -0.4 is 0 Å². The Morgan fingerprint density at radius 3 is 0.900 bits per heavy atom. The molecule has 0 radical (unpaired) electrons. The fourth-order valence-electron chi connectivity index (χ4n) is 5.20. The Balaban J connectivity index is 0.000000799. The van der Waals surface area contributed by atoms with Crippen molar-refractivity contribution in [1.82, 2.24) is 0 Å². The van der Waals surface area contributed by atoms with E-state index in [0.717, 1.165) is 33.0 Å². The molecule has 0 spiro atoms. The second-order valence-electron chi connectivity index (χ2n) is 12.5. The molecule has 1 saturated heterocycles. The van der Waals surface area contributed by atoms with Gasteiger partial charge >= 0.3 is 0 Å². The van der Waals surface area contributed by atoms with Gasteiger partial charge in [0.2, 0.25) is 0 Å². The molecule has 3 nitrogen and oxygen atoms in total. The molecule has 0 amide bonds. The molecule has 0 aromatic heterocycles. The monoisotopic (exact) mass is 569 g/mol. The van der Waals surface area contributed by atoms with E-state index < -0.39 is 0 Å². The van der Waals surface area contributed by atoms with E-state index in [2.05, 4.69) is 20.8 Å². The molecule has 1 atom stereocenters. The van der Waals surface area contributed by atoms with E-state index in [-0.39, 0.29) is 0 Å². The second kappa shape index (κ2) is 36.9. The minimum absolute atomic E-state index is 0.427. The van der Waals surface area contributed by atoms with Crippen LogP contribution in [0.25, 0.3) is 0 Å². The zero-order chi connectivity index (χ0) is 29.0. The lowest BCUT2D eigenvalue weighted by atomic mass is 10.0. The zero-order valence-electron chi connectivity index (χ0n) is 28.1. The molecule has 0 bridgehead atoms. The summed E-state index contributed by atoms with van der Waals surface area (Å²) in [6.45, 7) is 11.5. The third kappa shape index (κ3) is 37.9. The molecule has 3 heteroatoms. The lowest BCUT2D eigenvalue weighted by Gasteiger charge is -2.04. The van der Waals surface area contributed by atoms with Crippen molar-refractivity contribution in [2.45, 2.75) is 207 Å². The maximum Gasteiger partial charge on any atom is 0.104 e. The summed E-state index contributed by atoms with van der Waals surface area (Å²) in [5, 5.41) is 0. The van der Waals surface area contributed by atoms with Crippen LogP contribution in [0.3, 0.4) is 0 Å². The van der Waals surface area contributed by atoms with Crippen molar-refractivity contribution in [3.05, 3.63) is 0 Å². The van der Waals surface area contributed by atoms with Crippen LogP contribution in [-0.2, 0) is 14.2 Å². The van der Waals surface area contributed by atoms with E-state index in [1.165, 1.54) is 180 Å². The average molecular weight is 569 g/mol. The third-order valence-corrected chi connectivity index (χ3v) is 8.13. The zero-order valence-corrected chi connectivity index (χ0v) is 28.1. The Kier molecular flexibility index (Phi) is 36.8. The quantitative estimate of drug-likeness (QED) is 0.0582. The standard InChI is InChI=1S/C21H42O2.C16H34O/c1-2-3-4-5-6-7-8-9-10-11-12-13-14-15-16-17-18-22-19-21-20-23-21;1-3-5-7-9-11-13-15-17-16-14-12-10-8-6-4-2/h21H,2-20H2,1H3;3-16H2,1-2H3. The lowest BCUT2D eigenvalue weighted by Crippen LogP contribution is -2.02. The first-order chi connectivity index (χ1) is 19.8. The normalized spacial score (nSPS) is 14.3. The van der Waals surface area contributed by atoms with E-state index in [4.69, 9.17) is 14.2 Å². The first-order valence-electron chi connectivity index (χ1n) is 18.6. The Morgan fingerprint density at radius 2 is 0.625 bits per heavy atom. The summed E-state index contributed by atoms with van der Waals surface area (Å²) in [5.74, 6) is 0. The van der Waals surface area contributed by atoms with E-state index >= 15 is 0 Å². The highest BCUT2D eigenvalue weighted by molar-refractivity contribution is 4.67. The van der Waals surface area contributed by atoms with Crippen LogP contribution in [0.15, 0.2) is 0 Å². The predicted molar refractivity (Wildman–Crippen MR) is 178 cm³/mol. The van der Waals surface area contributed by atoms with Gasteiger partial charge in [-0.15, -0.1) is 0 Å². The smallest absolute Gasteiger partial charge is 0.104 e. The van der Waals surface area contributed by atoms with Crippen molar-refractivity contribution in [3.8, 4) is 0 Å². The van der Waals surface area contributed by atoms with Gasteiger partial charge in [-0.3, -0.25) is 0 Å². The number of hydrogen-bond acceptors (Lipinski definition) is 3. The molecular formula is C37H76O3. The largest absolute Gasteiger partial charge is 0.381 e. The molecule has 0 aromatic carbocycles. The van der Waals surface area contributed by atoms with Gasteiger partial charge in [0.1, 0.15) is 6.10 Å². The summed E-state index contributed by atoms with van der Waals surface area (Å²) in [5.41, 5.74) is 0. The molecule has 1 unspecified atom stereocenters. The molecular weight excluding hydrogens is 492 g/mol. The van der Waals surface area contributed by atoms with Gasteiger partial charge in [-0.05, 0) is 19.3 Å². The molecule has 1 heterocycles. The Hall–Kier alpha value is -0.120. The molecule has 1 rings (SSSR count). The molecule has 1 aliphatic rings. The minimum atomic E-state index is 0.427. The number of rotatable bonds is 33. The van der Waals surface area contributed by atoms with Gasteiger partial charge in [0, 0.05) is 19.8 Å². The van der Waals surface area contributed by atoms with Crippen molar-refractivity contribution in [1.29, 1.82) is 0 Å². The highest BCUT2D eigenvalue weighted by Gasteiger charge is 2.21. The van der Waals surface area contributed by atoms with Gasteiger partial charge in [-0.1, -0.05) is 181 Å². The maximum absolute atomic E-state index is 5.65. The second-order valence-corrected chi connectivity index (χ2v) is 12.5. The Morgan fingerprint density at radius 1 is 0.375 bits per heavy atom. The van der Waals surface area contributed by atoms with E-state index in [1.54, 1.807) is 0 Å². The number of unbranched alkanes of at least 4 members (excludes halogenated alkanes) is 25. The molecule has 0 saturated carbocycles. The van der Waals surface area contributed by atoms with E-state index in [0.29, 0.717) is 6.10 Å². The van der Waals surface area contributed by atoms with Crippen LogP contribution in [0.5, 0.6) is 0 Å². The van der Waals surface area contributed by atoms with Crippen LogP contribution in [0.2, 0.25) is 0 Å². The lowest BCUT2D eigenvalue weighted by molar-refractivity contribution is 0.113. The summed E-state index contributed by atoms with van der Waals surface area (Å²) >= 11 is 0. The fourth-order valence-corrected chi connectivity index (χ4v) is 5.20. The number of hydrogen-bond donors (Lipinski definition) is 0. The summed E-state index contributed by atoms with van der Waals surface area (Å²) in [4.78, 5) is 0. The highest BCUT2D eigenvalue weighted by atomic mass is 16.6. The fraction of sp³-hybridized carbons (Fsp3) is 1.00. The predicted octanol–water partition coefficient (Wildman–Crippen LogP) is 12.4. The average Bonchev–Trinajstić information content (AvgIpc) is 3.80. The van der Waals surface area contributed by atoms with Crippen LogP contribution in [0.4, 0.5) is 0 Å². The van der Waals surface area contributed by atoms with Crippen molar-refractivity contribution in [2.75, 3.05) is 33.0 Å². The van der Waals surface area contributed by atoms with Gasteiger partial charge in [-0.25, -0.2) is 0 Å². The highest BCUT2D eigenvalue weighted by Crippen LogP contribution is 2.14. The van der Waals surface area contributed by atoms with Crippen LogP contribution in [0.1, 0.15) is 201 Å².